The molecule has 3 atom stereocenters. The Morgan fingerprint density at radius 2 is 1.35 bits per heavy atom. The van der Waals surface area contributed by atoms with Crippen LogP contribution in [0.4, 0.5) is 0 Å². The Balaban J connectivity index is 3.55. The average molecular weight is 336 g/mol. The minimum atomic E-state index is -1.57. The summed E-state index contributed by atoms with van der Waals surface area (Å²) in [5.41, 5.74) is 0. The maximum absolute atomic E-state index is 11.4. The van der Waals surface area contributed by atoms with Crippen LogP contribution >= 0.6 is 0 Å². The molecule has 0 heterocycles. The molecule has 136 valence electrons. The summed E-state index contributed by atoms with van der Waals surface area (Å²) in [5.74, 6) is -1.29. The molecule has 0 aromatic carbocycles. The first-order valence-corrected chi connectivity index (χ1v) is 7.91. The van der Waals surface area contributed by atoms with E-state index in [0.29, 0.717) is 12.8 Å². The smallest absolute Gasteiger partial charge is 0.305 e. The second-order valence-corrected chi connectivity index (χ2v) is 5.51. The van der Waals surface area contributed by atoms with Gasteiger partial charge >= 0.3 is 11.9 Å². The number of hydrogen-bond donors (Lipinski definition) is 5. The van der Waals surface area contributed by atoms with Crippen LogP contribution < -0.4 is 0 Å². The zero-order valence-corrected chi connectivity index (χ0v) is 13.3. The van der Waals surface area contributed by atoms with Crippen molar-refractivity contribution in [3.63, 3.8) is 0 Å². The van der Waals surface area contributed by atoms with Gasteiger partial charge in [0.05, 0.1) is 6.61 Å². The van der Waals surface area contributed by atoms with E-state index in [1.54, 1.807) is 0 Å². The minimum Gasteiger partial charge on any atom is -0.481 e. The summed E-state index contributed by atoms with van der Waals surface area (Å²) in [5, 5.41) is 45.0. The molecule has 23 heavy (non-hydrogen) atoms. The quantitative estimate of drug-likeness (QED) is 0.217. The molecule has 8 nitrogen and oxygen atoms in total. The third kappa shape index (κ3) is 11.9. The monoisotopic (exact) mass is 336 g/mol. The highest BCUT2D eigenvalue weighted by Crippen LogP contribution is 2.09. The van der Waals surface area contributed by atoms with Gasteiger partial charge in [0, 0.05) is 12.8 Å². The third-order valence-corrected chi connectivity index (χ3v) is 3.41. The largest absolute Gasteiger partial charge is 0.481 e. The summed E-state index contributed by atoms with van der Waals surface area (Å²) in [6.45, 7) is -1.13. The van der Waals surface area contributed by atoms with Crippen molar-refractivity contribution < 1.29 is 39.9 Å². The lowest BCUT2D eigenvalue weighted by atomic mass is 10.1. The van der Waals surface area contributed by atoms with Crippen LogP contribution in [0.25, 0.3) is 0 Å². The molecule has 0 aliphatic heterocycles. The van der Waals surface area contributed by atoms with E-state index in [1.807, 2.05) is 0 Å². The second-order valence-electron chi connectivity index (χ2n) is 5.51. The van der Waals surface area contributed by atoms with Crippen molar-refractivity contribution in [3.05, 3.63) is 0 Å². The van der Waals surface area contributed by atoms with E-state index in [1.165, 1.54) is 0 Å². The number of rotatable bonds is 14. The number of unbranched alkanes of at least 4 members (excludes halogenated alkanes) is 5. The van der Waals surface area contributed by atoms with Gasteiger partial charge in [-0.15, -0.1) is 0 Å². The van der Waals surface area contributed by atoms with Gasteiger partial charge in [-0.2, -0.15) is 0 Å². The highest BCUT2D eigenvalue weighted by atomic mass is 16.5. The molecule has 0 aromatic heterocycles. The number of carboxylic acid groups (broad SMARTS) is 1. The van der Waals surface area contributed by atoms with Crippen LogP contribution in [0.15, 0.2) is 0 Å². The fourth-order valence-electron chi connectivity index (χ4n) is 1.97. The second kappa shape index (κ2) is 13.2. The van der Waals surface area contributed by atoms with Crippen LogP contribution in [-0.2, 0) is 14.3 Å². The molecule has 0 radical (unpaired) electrons. The number of hydrogen-bond acceptors (Lipinski definition) is 7. The van der Waals surface area contributed by atoms with Gasteiger partial charge in [0.2, 0.25) is 0 Å². The number of carbonyl (C=O) groups excluding carboxylic acids is 1. The lowest BCUT2D eigenvalue weighted by Gasteiger charge is -2.21. The number of carbonyl (C=O) groups is 2. The highest BCUT2D eigenvalue weighted by Gasteiger charge is 2.25. The predicted octanol–water partition coefficient (Wildman–Crippen LogP) is -0.190. The average Bonchev–Trinajstić information content (AvgIpc) is 2.53. The number of esters is 1. The molecule has 0 saturated carbocycles. The van der Waals surface area contributed by atoms with Crippen LogP contribution in [0.5, 0.6) is 0 Å². The Bertz CT molecular complexity index is 333. The summed E-state index contributed by atoms with van der Waals surface area (Å²) in [4.78, 5) is 21.7. The fourth-order valence-corrected chi connectivity index (χ4v) is 1.97. The predicted molar refractivity (Wildman–Crippen MR) is 80.6 cm³/mol. The van der Waals surface area contributed by atoms with Crippen molar-refractivity contribution in [1.82, 2.24) is 0 Å². The normalized spacial score (nSPS) is 15.0. The molecule has 8 heteroatoms. The van der Waals surface area contributed by atoms with E-state index in [2.05, 4.69) is 0 Å². The minimum absolute atomic E-state index is 0.186. The van der Waals surface area contributed by atoms with Crippen molar-refractivity contribution >= 4 is 11.9 Å². The van der Waals surface area contributed by atoms with Crippen LogP contribution in [0.2, 0.25) is 0 Å². The van der Waals surface area contributed by atoms with Gasteiger partial charge in [0.1, 0.15) is 24.9 Å². The van der Waals surface area contributed by atoms with E-state index >= 15 is 0 Å². The Morgan fingerprint density at radius 1 is 0.826 bits per heavy atom. The SMILES string of the molecule is O=C(O)CCCCCCCCC(=O)OC[C@H](O)[C@@H](O)[C@H](O)CO. The van der Waals surface area contributed by atoms with Crippen LogP contribution in [0, 0.1) is 0 Å². The van der Waals surface area contributed by atoms with E-state index in [0.717, 1.165) is 25.7 Å². The van der Waals surface area contributed by atoms with Gasteiger partial charge in [0.25, 0.3) is 0 Å². The van der Waals surface area contributed by atoms with Gasteiger partial charge in [-0.05, 0) is 12.8 Å². The van der Waals surface area contributed by atoms with Crippen molar-refractivity contribution in [3.8, 4) is 0 Å². The standard InChI is InChI=1S/C15H28O8/c16-9-11(17)15(22)12(18)10-23-14(21)8-6-4-2-1-3-5-7-13(19)20/h11-12,15-18,22H,1-10H2,(H,19,20)/t11-,12+,15+/m1/s1. The van der Waals surface area contributed by atoms with Gasteiger partial charge in [0.15, 0.2) is 0 Å². The molecule has 0 saturated heterocycles. The molecule has 0 fully saturated rings. The van der Waals surface area contributed by atoms with Crippen molar-refractivity contribution in [2.75, 3.05) is 13.2 Å². The number of aliphatic hydroxyl groups excluding tert-OH is 4. The molecule has 0 aromatic rings. The van der Waals surface area contributed by atoms with Crippen LogP contribution in [-0.4, -0.2) is 69.0 Å². The number of aliphatic hydroxyl groups is 4. The summed E-state index contributed by atoms with van der Waals surface area (Å²) < 4.78 is 4.78. The lowest BCUT2D eigenvalue weighted by Crippen LogP contribution is -2.42. The molecule has 0 aliphatic rings. The fraction of sp³-hybridized carbons (Fsp3) is 0.867. The van der Waals surface area contributed by atoms with E-state index in [-0.39, 0.29) is 12.8 Å². The molecule has 0 unspecified atom stereocenters. The maximum atomic E-state index is 11.4. The zero-order valence-electron chi connectivity index (χ0n) is 13.3. The van der Waals surface area contributed by atoms with E-state index < -0.39 is 43.5 Å². The van der Waals surface area contributed by atoms with Crippen LogP contribution in [0.1, 0.15) is 51.4 Å². The zero-order chi connectivity index (χ0) is 17.7. The molecule has 0 aliphatic carbocycles. The van der Waals surface area contributed by atoms with Crippen molar-refractivity contribution in [1.29, 1.82) is 0 Å². The van der Waals surface area contributed by atoms with Gasteiger partial charge in [-0.3, -0.25) is 9.59 Å². The number of carboxylic acids is 1. The Kier molecular flexibility index (Phi) is 12.5. The highest BCUT2D eigenvalue weighted by molar-refractivity contribution is 5.69. The number of aliphatic carboxylic acids is 1. The Labute approximate surface area is 135 Å². The van der Waals surface area contributed by atoms with Gasteiger partial charge in [-0.1, -0.05) is 25.7 Å². The summed E-state index contributed by atoms with van der Waals surface area (Å²) >= 11 is 0. The van der Waals surface area contributed by atoms with Crippen LogP contribution in [0.3, 0.4) is 0 Å². The van der Waals surface area contributed by atoms with Crippen molar-refractivity contribution in [2.24, 2.45) is 0 Å². The summed E-state index contributed by atoms with van der Waals surface area (Å²) in [6.07, 6.45) is 0.700. The Hall–Kier alpha value is -1.22. The molecule has 0 amide bonds. The van der Waals surface area contributed by atoms with Gasteiger partial charge in [-0.25, -0.2) is 0 Å². The molecule has 0 spiro atoms. The van der Waals surface area contributed by atoms with Crippen molar-refractivity contribution in [2.45, 2.75) is 69.7 Å². The topological polar surface area (TPSA) is 145 Å². The molecular weight excluding hydrogens is 308 g/mol. The first-order chi connectivity index (χ1) is 10.9. The molecule has 0 bridgehead atoms. The first kappa shape index (κ1) is 21.8. The molecule has 5 N–H and O–H groups in total. The van der Waals surface area contributed by atoms with E-state index in [9.17, 15) is 19.8 Å². The maximum Gasteiger partial charge on any atom is 0.305 e. The first-order valence-electron chi connectivity index (χ1n) is 7.91. The number of ether oxygens (including phenoxy) is 1. The Morgan fingerprint density at radius 3 is 1.87 bits per heavy atom. The third-order valence-electron chi connectivity index (χ3n) is 3.41. The van der Waals surface area contributed by atoms with Gasteiger partial charge < -0.3 is 30.3 Å². The summed E-state index contributed by atoms with van der Waals surface area (Å²) in [6, 6.07) is 0. The molecule has 0 rings (SSSR count). The summed E-state index contributed by atoms with van der Waals surface area (Å²) in [7, 11) is 0. The lowest BCUT2D eigenvalue weighted by molar-refractivity contribution is -0.152. The molecular formula is C15H28O8. The van der Waals surface area contributed by atoms with E-state index in [4.69, 9.17) is 20.1 Å².